The number of benzene rings is 3. The standard InChI is InChI=1S/C26H26N2O6S/c27-15-19-5-7-20(8-6-19)17-33-22-10-12-23(13-11-22)35(31,32)18-34-28-16-21(9-14-26(29)30)24-3-1-2-4-25(24)28/h1-8,10-13,16H,9,14-15,17-18,27H2,(H,29,30). The lowest BCUT2D eigenvalue weighted by atomic mass is 10.1. The number of carboxylic acids is 1. The Bertz CT molecular complexity index is 1410. The van der Waals surface area contributed by atoms with Crippen molar-refractivity contribution < 1.29 is 27.9 Å². The normalized spacial score (nSPS) is 11.5. The van der Waals surface area contributed by atoms with Crippen molar-refractivity contribution >= 4 is 26.7 Å². The van der Waals surface area contributed by atoms with E-state index >= 15 is 0 Å². The smallest absolute Gasteiger partial charge is 0.303 e. The Morgan fingerprint density at radius 2 is 1.63 bits per heavy atom. The van der Waals surface area contributed by atoms with Crippen molar-refractivity contribution in [2.45, 2.75) is 30.9 Å². The van der Waals surface area contributed by atoms with Crippen LogP contribution in [0.5, 0.6) is 5.75 Å². The van der Waals surface area contributed by atoms with Crippen molar-refractivity contribution in [2.75, 3.05) is 5.94 Å². The Morgan fingerprint density at radius 3 is 2.31 bits per heavy atom. The van der Waals surface area contributed by atoms with Crippen molar-refractivity contribution in [3.8, 4) is 5.75 Å². The van der Waals surface area contributed by atoms with Gasteiger partial charge in [0.25, 0.3) is 0 Å². The van der Waals surface area contributed by atoms with Gasteiger partial charge in [-0.25, -0.2) is 8.42 Å². The highest BCUT2D eigenvalue weighted by atomic mass is 32.2. The minimum absolute atomic E-state index is 0.0280. The molecule has 0 bridgehead atoms. The van der Waals surface area contributed by atoms with Crippen molar-refractivity contribution in [3.63, 3.8) is 0 Å². The Hall–Kier alpha value is -3.82. The van der Waals surface area contributed by atoms with Crippen LogP contribution in [0.4, 0.5) is 0 Å². The van der Waals surface area contributed by atoms with Crippen LogP contribution in [-0.4, -0.2) is 30.2 Å². The lowest BCUT2D eigenvalue weighted by molar-refractivity contribution is -0.136. The quantitative estimate of drug-likeness (QED) is 0.327. The molecule has 0 atom stereocenters. The molecule has 3 N–H and O–H groups in total. The van der Waals surface area contributed by atoms with Crippen LogP contribution in [0.25, 0.3) is 10.9 Å². The van der Waals surface area contributed by atoms with Gasteiger partial charge >= 0.3 is 5.97 Å². The lowest BCUT2D eigenvalue weighted by Gasteiger charge is -2.10. The highest BCUT2D eigenvalue weighted by molar-refractivity contribution is 7.91. The fraction of sp³-hybridized carbons (Fsp3) is 0.192. The van der Waals surface area contributed by atoms with Crippen LogP contribution < -0.4 is 15.3 Å². The topological polar surface area (TPSA) is 121 Å². The largest absolute Gasteiger partial charge is 0.489 e. The molecule has 9 heteroatoms. The molecule has 0 aliphatic carbocycles. The van der Waals surface area contributed by atoms with Gasteiger partial charge in [0.05, 0.1) is 10.4 Å². The number of nitrogens with zero attached hydrogens (tertiary/aromatic N) is 1. The predicted octanol–water partition coefficient (Wildman–Crippen LogP) is 3.56. The molecule has 0 saturated heterocycles. The number of aliphatic carboxylic acids is 1. The van der Waals surface area contributed by atoms with Gasteiger partial charge in [-0.3, -0.25) is 4.79 Å². The van der Waals surface area contributed by atoms with Gasteiger partial charge in [-0.15, -0.1) is 0 Å². The zero-order valence-corrected chi connectivity index (χ0v) is 19.8. The number of sulfone groups is 1. The molecule has 0 unspecified atom stereocenters. The van der Waals surface area contributed by atoms with Gasteiger partial charge in [0.2, 0.25) is 15.8 Å². The summed E-state index contributed by atoms with van der Waals surface area (Å²) < 4.78 is 32.8. The summed E-state index contributed by atoms with van der Waals surface area (Å²) in [7, 11) is -3.74. The van der Waals surface area contributed by atoms with E-state index in [1.54, 1.807) is 24.4 Å². The Kier molecular flexibility index (Phi) is 7.38. The maximum atomic E-state index is 12.8. The second-order valence-electron chi connectivity index (χ2n) is 8.03. The first kappa shape index (κ1) is 24.3. The molecule has 8 nitrogen and oxygen atoms in total. The summed E-state index contributed by atoms with van der Waals surface area (Å²) in [4.78, 5) is 16.7. The van der Waals surface area contributed by atoms with Gasteiger partial charge in [-0.05, 0) is 53.4 Å². The van der Waals surface area contributed by atoms with Crippen LogP contribution in [0, 0.1) is 0 Å². The average molecular weight is 495 g/mol. The monoisotopic (exact) mass is 494 g/mol. The van der Waals surface area contributed by atoms with E-state index in [1.165, 1.54) is 16.9 Å². The molecular formula is C26H26N2O6S. The number of rotatable bonds is 11. The fourth-order valence-electron chi connectivity index (χ4n) is 3.64. The number of carboxylic acid groups (broad SMARTS) is 1. The number of carbonyl (C=O) groups is 1. The van der Waals surface area contributed by atoms with E-state index in [9.17, 15) is 13.2 Å². The summed E-state index contributed by atoms with van der Waals surface area (Å²) in [6, 6.07) is 21.2. The van der Waals surface area contributed by atoms with Crippen molar-refractivity contribution in [1.82, 2.24) is 4.73 Å². The summed E-state index contributed by atoms with van der Waals surface area (Å²) in [5.41, 5.74) is 9.07. The molecule has 1 aromatic heterocycles. The molecule has 0 saturated carbocycles. The van der Waals surface area contributed by atoms with Crippen LogP contribution in [0.3, 0.4) is 0 Å². The van der Waals surface area contributed by atoms with Gasteiger partial charge in [0, 0.05) is 24.5 Å². The maximum absolute atomic E-state index is 12.8. The third-order valence-corrected chi connectivity index (χ3v) is 6.97. The van der Waals surface area contributed by atoms with E-state index in [0.29, 0.717) is 30.8 Å². The zero-order valence-electron chi connectivity index (χ0n) is 19.0. The molecule has 1 heterocycles. The minimum Gasteiger partial charge on any atom is -0.489 e. The van der Waals surface area contributed by atoms with Gasteiger partial charge < -0.3 is 20.4 Å². The number of nitrogens with two attached hydrogens (primary N) is 1. The number of aromatic nitrogens is 1. The van der Waals surface area contributed by atoms with Gasteiger partial charge in [0.15, 0.2) is 0 Å². The second kappa shape index (κ2) is 10.6. The molecule has 4 rings (SSSR count). The van der Waals surface area contributed by atoms with Gasteiger partial charge in [-0.1, -0.05) is 42.5 Å². The average Bonchev–Trinajstić information content (AvgIpc) is 3.23. The minimum atomic E-state index is -3.74. The molecular weight excluding hydrogens is 468 g/mol. The molecule has 0 aliphatic heterocycles. The van der Waals surface area contributed by atoms with Crippen LogP contribution in [-0.2, 0) is 34.2 Å². The molecule has 35 heavy (non-hydrogen) atoms. The van der Waals surface area contributed by atoms with Crippen LogP contribution in [0.1, 0.15) is 23.1 Å². The summed E-state index contributed by atoms with van der Waals surface area (Å²) in [6.07, 6.45) is 1.93. The van der Waals surface area contributed by atoms with Gasteiger partial charge in [-0.2, -0.15) is 4.73 Å². The zero-order chi connectivity index (χ0) is 24.8. The highest BCUT2D eigenvalue weighted by Gasteiger charge is 2.18. The summed E-state index contributed by atoms with van der Waals surface area (Å²) >= 11 is 0. The third-order valence-electron chi connectivity index (χ3n) is 5.56. The molecule has 0 fully saturated rings. The Balaban J connectivity index is 1.41. The second-order valence-corrected chi connectivity index (χ2v) is 9.97. The predicted molar refractivity (Wildman–Crippen MR) is 132 cm³/mol. The number of aryl methyl sites for hydroxylation is 1. The molecule has 0 spiro atoms. The summed E-state index contributed by atoms with van der Waals surface area (Å²) in [5.74, 6) is -0.924. The number of hydrogen-bond donors (Lipinski definition) is 2. The van der Waals surface area contributed by atoms with Crippen molar-refractivity contribution in [1.29, 1.82) is 0 Å². The Morgan fingerprint density at radius 1 is 0.943 bits per heavy atom. The molecule has 182 valence electrons. The lowest BCUT2D eigenvalue weighted by Crippen LogP contribution is -2.19. The van der Waals surface area contributed by atoms with Crippen LogP contribution in [0.15, 0.2) is 83.9 Å². The molecule has 0 aliphatic rings. The number of hydrogen-bond acceptors (Lipinski definition) is 6. The number of para-hydroxylation sites is 1. The first-order valence-corrected chi connectivity index (χ1v) is 12.7. The first-order chi connectivity index (χ1) is 16.9. The molecule has 0 amide bonds. The number of fused-ring (bicyclic) bond motifs is 1. The van der Waals surface area contributed by atoms with E-state index in [4.69, 9.17) is 20.4 Å². The van der Waals surface area contributed by atoms with E-state index in [1.807, 2.05) is 42.5 Å². The van der Waals surface area contributed by atoms with E-state index < -0.39 is 21.7 Å². The summed E-state index contributed by atoms with van der Waals surface area (Å²) in [6.45, 7) is 0.832. The maximum Gasteiger partial charge on any atom is 0.303 e. The SMILES string of the molecule is NCc1ccc(COc2ccc(S(=O)(=O)COn3cc(CCC(=O)O)c4ccccc43)cc2)cc1. The van der Waals surface area contributed by atoms with E-state index in [0.717, 1.165) is 22.1 Å². The number of ether oxygens (including phenoxy) is 1. The molecule has 0 radical (unpaired) electrons. The van der Waals surface area contributed by atoms with Crippen LogP contribution >= 0.6 is 0 Å². The first-order valence-electron chi connectivity index (χ1n) is 11.0. The van der Waals surface area contributed by atoms with Crippen LogP contribution in [0.2, 0.25) is 0 Å². The third kappa shape index (κ3) is 6.00. The van der Waals surface area contributed by atoms with E-state index in [-0.39, 0.29) is 11.3 Å². The van der Waals surface area contributed by atoms with E-state index in [2.05, 4.69) is 0 Å². The molecule has 4 aromatic rings. The fourth-order valence-corrected chi connectivity index (χ4v) is 4.58. The van der Waals surface area contributed by atoms with Gasteiger partial charge in [0.1, 0.15) is 12.4 Å². The summed E-state index contributed by atoms with van der Waals surface area (Å²) in [5, 5.41) is 9.81. The van der Waals surface area contributed by atoms with Crippen molar-refractivity contribution in [3.05, 3.63) is 95.7 Å². The highest BCUT2D eigenvalue weighted by Crippen LogP contribution is 2.23. The van der Waals surface area contributed by atoms with Crippen molar-refractivity contribution in [2.24, 2.45) is 5.73 Å². The molecule has 3 aromatic carbocycles. The Labute approximate surface area is 203 Å².